The Hall–Kier alpha value is -0.160. The van der Waals surface area contributed by atoms with Crippen molar-refractivity contribution < 1.29 is 14.6 Å². The molecule has 0 saturated carbocycles. The van der Waals surface area contributed by atoms with Crippen LogP contribution >= 0.6 is 0 Å². The van der Waals surface area contributed by atoms with Crippen LogP contribution in [0, 0.1) is 0 Å². The second-order valence-corrected chi connectivity index (χ2v) is 4.03. The lowest BCUT2D eigenvalue weighted by molar-refractivity contribution is 0.0232. The monoisotopic (exact) mass is 219 g/mol. The molecule has 0 aliphatic carbocycles. The normalized spacial score (nSPS) is 15.2. The highest BCUT2D eigenvalue weighted by atomic mass is 16.5. The SMILES string of the molecule is CCCOCCNCC(C)(O)CCOC. The molecule has 0 heterocycles. The second kappa shape index (κ2) is 9.09. The van der Waals surface area contributed by atoms with Crippen molar-refractivity contribution in [3.05, 3.63) is 0 Å². The molecular weight excluding hydrogens is 194 g/mol. The van der Waals surface area contributed by atoms with Crippen molar-refractivity contribution in [3.8, 4) is 0 Å². The van der Waals surface area contributed by atoms with Crippen LogP contribution < -0.4 is 5.32 Å². The summed E-state index contributed by atoms with van der Waals surface area (Å²) in [4.78, 5) is 0. The van der Waals surface area contributed by atoms with E-state index in [1.165, 1.54) is 0 Å². The number of methoxy groups -OCH3 is 1. The average Bonchev–Trinajstić information content (AvgIpc) is 2.20. The molecule has 0 fully saturated rings. The number of aliphatic hydroxyl groups is 1. The van der Waals surface area contributed by atoms with Crippen LogP contribution in [0.15, 0.2) is 0 Å². The van der Waals surface area contributed by atoms with Gasteiger partial charge >= 0.3 is 0 Å². The summed E-state index contributed by atoms with van der Waals surface area (Å²) in [5, 5.41) is 13.0. The molecular formula is C11H25NO3. The fraction of sp³-hybridized carbons (Fsp3) is 1.00. The van der Waals surface area contributed by atoms with Gasteiger partial charge in [-0.15, -0.1) is 0 Å². The molecule has 0 amide bonds. The predicted octanol–water partition coefficient (Wildman–Crippen LogP) is 0.790. The Kier molecular flexibility index (Phi) is 9.00. The van der Waals surface area contributed by atoms with E-state index in [0.717, 1.165) is 19.6 Å². The Morgan fingerprint density at radius 3 is 2.60 bits per heavy atom. The molecule has 0 aliphatic heterocycles. The summed E-state index contributed by atoms with van der Waals surface area (Å²) in [7, 11) is 1.64. The van der Waals surface area contributed by atoms with Crippen molar-refractivity contribution >= 4 is 0 Å². The van der Waals surface area contributed by atoms with Crippen molar-refractivity contribution in [2.24, 2.45) is 0 Å². The quantitative estimate of drug-likeness (QED) is 0.533. The first kappa shape index (κ1) is 14.8. The van der Waals surface area contributed by atoms with Gasteiger partial charge in [0.05, 0.1) is 12.2 Å². The van der Waals surface area contributed by atoms with Gasteiger partial charge in [0.25, 0.3) is 0 Å². The maximum Gasteiger partial charge on any atom is 0.0765 e. The third kappa shape index (κ3) is 10.1. The van der Waals surface area contributed by atoms with Crippen molar-refractivity contribution in [2.45, 2.75) is 32.3 Å². The van der Waals surface area contributed by atoms with Crippen molar-refractivity contribution in [1.82, 2.24) is 5.32 Å². The highest BCUT2D eigenvalue weighted by Crippen LogP contribution is 2.06. The van der Waals surface area contributed by atoms with Gasteiger partial charge in [0.1, 0.15) is 0 Å². The molecule has 0 radical (unpaired) electrons. The van der Waals surface area contributed by atoms with E-state index >= 15 is 0 Å². The van der Waals surface area contributed by atoms with Crippen LogP contribution in [0.4, 0.5) is 0 Å². The number of hydrogen-bond donors (Lipinski definition) is 2. The molecule has 2 N–H and O–H groups in total. The third-order valence-electron chi connectivity index (χ3n) is 2.12. The van der Waals surface area contributed by atoms with E-state index in [-0.39, 0.29) is 0 Å². The molecule has 0 aliphatic rings. The van der Waals surface area contributed by atoms with Gasteiger partial charge in [0, 0.05) is 39.8 Å². The summed E-state index contributed by atoms with van der Waals surface area (Å²) in [6, 6.07) is 0. The van der Waals surface area contributed by atoms with E-state index < -0.39 is 5.60 Å². The zero-order chi connectivity index (χ0) is 11.6. The third-order valence-corrected chi connectivity index (χ3v) is 2.12. The van der Waals surface area contributed by atoms with E-state index in [9.17, 15) is 5.11 Å². The smallest absolute Gasteiger partial charge is 0.0765 e. The van der Waals surface area contributed by atoms with Crippen molar-refractivity contribution in [1.29, 1.82) is 0 Å². The van der Waals surface area contributed by atoms with Crippen molar-refractivity contribution in [3.63, 3.8) is 0 Å². The number of hydrogen-bond acceptors (Lipinski definition) is 4. The number of rotatable bonds is 10. The van der Waals surface area contributed by atoms with Gasteiger partial charge in [-0.2, -0.15) is 0 Å². The molecule has 0 aromatic rings. The Labute approximate surface area is 93.0 Å². The largest absolute Gasteiger partial charge is 0.389 e. The van der Waals surface area contributed by atoms with Crippen LogP contribution in [0.1, 0.15) is 26.7 Å². The zero-order valence-electron chi connectivity index (χ0n) is 10.2. The molecule has 0 spiro atoms. The minimum absolute atomic E-state index is 0.575. The number of nitrogens with one attached hydrogen (secondary N) is 1. The fourth-order valence-electron chi connectivity index (χ4n) is 1.16. The average molecular weight is 219 g/mol. The Morgan fingerprint density at radius 1 is 1.27 bits per heavy atom. The van der Waals surface area contributed by atoms with Crippen LogP contribution in [0.2, 0.25) is 0 Å². The number of ether oxygens (including phenoxy) is 2. The summed E-state index contributed by atoms with van der Waals surface area (Å²) in [6.07, 6.45) is 1.69. The van der Waals surface area contributed by atoms with Gasteiger partial charge in [0.15, 0.2) is 0 Å². The molecule has 0 aromatic heterocycles. The minimum atomic E-state index is -0.694. The first-order chi connectivity index (χ1) is 7.12. The highest BCUT2D eigenvalue weighted by Gasteiger charge is 2.18. The molecule has 0 saturated heterocycles. The second-order valence-electron chi connectivity index (χ2n) is 4.03. The summed E-state index contributed by atoms with van der Waals surface area (Å²) >= 11 is 0. The van der Waals surface area contributed by atoms with E-state index in [2.05, 4.69) is 12.2 Å². The lowest BCUT2D eigenvalue weighted by atomic mass is 10.0. The molecule has 4 heteroatoms. The van der Waals surface area contributed by atoms with E-state index in [1.807, 2.05) is 6.92 Å². The first-order valence-electron chi connectivity index (χ1n) is 5.62. The summed E-state index contributed by atoms with van der Waals surface area (Å²) in [5.41, 5.74) is -0.694. The van der Waals surface area contributed by atoms with E-state index in [4.69, 9.17) is 9.47 Å². The van der Waals surface area contributed by atoms with Gasteiger partial charge in [0.2, 0.25) is 0 Å². The van der Waals surface area contributed by atoms with Crippen LogP contribution in [-0.4, -0.2) is 50.7 Å². The topological polar surface area (TPSA) is 50.7 Å². The molecule has 15 heavy (non-hydrogen) atoms. The van der Waals surface area contributed by atoms with Gasteiger partial charge in [-0.3, -0.25) is 0 Å². The predicted molar refractivity (Wildman–Crippen MR) is 61.1 cm³/mol. The van der Waals surface area contributed by atoms with Crippen LogP contribution in [0.25, 0.3) is 0 Å². The first-order valence-corrected chi connectivity index (χ1v) is 5.62. The maximum absolute atomic E-state index is 9.86. The maximum atomic E-state index is 9.86. The summed E-state index contributed by atoms with van der Waals surface area (Å²) < 4.78 is 10.2. The van der Waals surface area contributed by atoms with Crippen LogP contribution in [0.3, 0.4) is 0 Å². The van der Waals surface area contributed by atoms with E-state index in [1.54, 1.807) is 7.11 Å². The molecule has 1 atom stereocenters. The van der Waals surface area contributed by atoms with Crippen molar-refractivity contribution in [2.75, 3.05) is 40.0 Å². The standard InChI is InChI=1S/C11H25NO3/c1-4-7-15-9-6-12-10-11(2,13)5-8-14-3/h12-13H,4-10H2,1-3H3. The fourth-order valence-corrected chi connectivity index (χ4v) is 1.16. The van der Waals surface area contributed by atoms with Crippen LogP contribution in [0.5, 0.6) is 0 Å². The van der Waals surface area contributed by atoms with Gasteiger partial charge < -0.3 is 19.9 Å². The molecule has 1 unspecified atom stereocenters. The van der Waals surface area contributed by atoms with E-state index in [0.29, 0.717) is 26.2 Å². The van der Waals surface area contributed by atoms with Gasteiger partial charge in [-0.05, 0) is 13.3 Å². The Bertz CT molecular complexity index is 140. The van der Waals surface area contributed by atoms with Crippen LogP contribution in [-0.2, 0) is 9.47 Å². The Morgan fingerprint density at radius 2 is 2.00 bits per heavy atom. The highest BCUT2D eigenvalue weighted by molar-refractivity contribution is 4.74. The lowest BCUT2D eigenvalue weighted by Crippen LogP contribution is -2.39. The summed E-state index contributed by atoms with van der Waals surface area (Å²) in [5.74, 6) is 0. The lowest BCUT2D eigenvalue weighted by Gasteiger charge is -2.23. The molecule has 4 nitrogen and oxygen atoms in total. The van der Waals surface area contributed by atoms with Gasteiger partial charge in [-0.1, -0.05) is 6.92 Å². The summed E-state index contributed by atoms with van der Waals surface area (Å²) in [6.45, 7) is 7.35. The minimum Gasteiger partial charge on any atom is -0.389 e. The molecule has 0 rings (SSSR count). The molecule has 0 aromatic carbocycles. The molecule has 92 valence electrons. The zero-order valence-corrected chi connectivity index (χ0v) is 10.2. The molecule has 0 bridgehead atoms. The Balaban J connectivity index is 3.32. The van der Waals surface area contributed by atoms with Gasteiger partial charge in [-0.25, -0.2) is 0 Å².